The minimum atomic E-state index is -0.815. The SMILES string of the molecule is C[C@@H](OC(=O)/C=C/c1ccsc1)C(=O)c1ccc(C(C)(C)C)cc1. The van der Waals surface area contributed by atoms with Crippen LogP contribution in [0.15, 0.2) is 47.2 Å². The van der Waals surface area contributed by atoms with E-state index in [-0.39, 0.29) is 11.2 Å². The number of benzene rings is 1. The molecular formula is C20H22O3S. The van der Waals surface area contributed by atoms with Gasteiger partial charge in [-0.2, -0.15) is 11.3 Å². The van der Waals surface area contributed by atoms with Gasteiger partial charge in [-0.3, -0.25) is 4.79 Å². The molecular weight excluding hydrogens is 320 g/mol. The van der Waals surface area contributed by atoms with E-state index >= 15 is 0 Å². The number of thiophene rings is 1. The molecule has 0 N–H and O–H groups in total. The lowest BCUT2D eigenvalue weighted by Crippen LogP contribution is -2.23. The van der Waals surface area contributed by atoms with Gasteiger partial charge >= 0.3 is 5.97 Å². The lowest BCUT2D eigenvalue weighted by atomic mass is 9.86. The van der Waals surface area contributed by atoms with Gasteiger partial charge < -0.3 is 4.74 Å². The summed E-state index contributed by atoms with van der Waals surface area (Å²) in [5.41, 5.74) is 2.67. The zero-order valence-corrected chi connectivity index (χ0v) is 15.2. The van der Waals surface area contributed by atoms with E-state index in [0.29, 0.717) is 5.56 Å². The first-order valence-electron chi connectivity index (χ1n) is 7.83. The predicted molar refractivity (Wildman–Crippen MR) is 98.4 cm³/mol. The second kappa shape index (κ2) is 7.58. The van der Waals surface area contributed by atoms with E-state index in [0.717, 1.165) is 11.1 Å². The van der Waals surface area contributed by atoms with Gasteiger partial charge in [-0.15, -0.1) is 0 Å². The van der Waals surface area contributed by atoms with Gasteiger partial charge in [0, 0.05) is 11.6 Å². The Morgan fingerprint density at radius 3 is 2.33 bits per heavy atom. The molecule has 2 aromatic rings. The summed E-state index contributed by atoms with van der Waals surface area (Å²) in [5, 5.41) is 3.85. The summed E-state index contributed by atoms with van der Waals surface area (Å²) in [7, 11) is 0. The lowest BCUT2D eigenvalue weighted by molar-refractivity contribution is -0.140. The third-order valence-electron chi connectivity index (χ3n) is 3.65. The quantitative estimate of drug-likeness (QED) is 0.442. The monoisotopic (exact) mass is 342 g/mol. The summed E-state index contributed by atoms with van der Waals surface area (Å²) >= 11 is 1.55. The number of ether oxygens (including phenoxy) is 1. The fraction of sp³-hybridized carbons (Fsp3) is 0.300. The van der Waals surface area contributed by atoms with Crippen LogP contribution >= 0.6 is 11.3 Å². The van der Waals surface area contributed by atoms with Gasteiger partial charge in [0.05, 0.1) is 0 Å². The van der Waals surface area contributed by atoms with Crippen LogP contribution in [0.4, 0.5) is 0 Å². The maximum Gasteiger partial charge on any atom is 0.331 e. The molecule has 0 amide bonds. The molecule has 0 spiro atoms. The average Bonchev–Trinajstić information content (AvgIpc) is 3.05. The van der Waals surface area contributed by atoms with Gasteiger partial charge in [-0.25, -0.2) is 4.79 Å². The van der Waals surface area contributed by atoms with E-state index in [9.17, 15) is 9.59 Å². The first-order chi connectivity index (χ1) is 11.3. The Hall–Kier alpha value is -2.20. The van der Waals surface area contributed by atoms with Gasteiger partial charge in [0.1, 0.15) is 0 Å². The minimum absolute atomic E-state index is 0.0338. The highest BCUT2D eigenvalue weighted by Crippen LogP contribution is 2.22. The first kappa shape index (κ1) is 18.1. The van der Waals surface area contributed by atoms with Gasteiger partial charge in [0.15, 0.2) is 6.10 Å². The highest BCUT2D eigenvalue weighted by atomic mass is 32.1. The Bertz CT molecular complexity index is 719. The van der Waals surface area contributed by atoms with Crippen molar-refractivity contribution in [3.05, 3.63) is 63.9 Å². The maximum atomic E-state index is 12.4. The smallest absolute Gasteiger partial charge is 0.331 e. The number of rotatable bonds is 5. The van der Waals surface area contributed by atoms with Crippen molar-refractivity contribution in [3.63, 3.8) is 0 Å². The molecule has 24 heavy (non-hydrogen) atoms. The van der Waals surface area contributed by atoms with Crippen molar-refractivity contribution in [2.45, 2.75) is 39.2 Å². The van der Waals surface area contributed by atoms with Gasteiger partial charge in [0.2, 0.25) is 5.78 Å². The van der Waals surface area contributed by atoms with E-state index in [1.807, 2.05) is 29.0 Å². The van der Waals surface area contributed by atoms with Crippen LogP contribution in [0, 0.1) is 0 Å². The molecule has 0 aliphatic rings. The molecule has 0 radical (unpaired) electrons. The average molecular weight is 342 g/mol. The molecule has 0 aliphatic heterocycles. The predicted octanol–water partition coefficient (Wildman–Crippen LogP) is 4.87. The van der Waals surface area contributed by atoms with Crippen molar-refractivity contribution in [1.82, 2.24) is 0 Å². The largest absolute Gasteiger partial charge is 0.451 e. The van der Waals surface area contributed by atoms with Crippen LogP contribution in [0.5, 0.6) is 0 Å². The Morgan fingerprint density at radius 1 is 1.12 bits per heavy atom. The van der Waals surface area contributed by atoms with Crippen molar-refractivity contribution in [3.8, 4) is 0 Å². The van der Waals surface area contributed by atoms with Crippen LogP contribution in [-0.2, 0) is 14.9 Å². The Morgan fingerprint density at radius 2 is 1.79 bits per heavy atom. The molecule has 0 unspecified atom stereocenters. The number of esters is 1. The Kier molecular flexibility index (Phi) is 5.73. The highest BCUT2D eigenvalue weighted by molar-refractivity contribution is 7.08. The fourth-order valence-electron chi connectivity index (χ4n) is 2.17. The minimum Gasteiger partial charge on any atom is -0.451 e. The number of carbonyl (C=O) groups excluding carboxylic acids is 2. The van der Waals surface area contributed by atoms with Crippen LogP contribution in [0.25, 0.3) is 6.08 Å². The van der Waals surface area contributed by atoms with E-state index in [1.165, 1.54) is 6.08 Å². The topological polar surface area (TPSA) is 43.4 Å². The molecule has 1 aromatic heterocycles. The standard InChI is InChI=1S/C20H22O3S/c1-14(23-18(21)10-5-15-11-12-24-13-15)19(22)16-6-8-17(9-7-16)20(2,3)4/h5-14H,1-4H3/b10-5+/t14-/m1/s1. The molecule has 0 bridgehead atoms. The molecule has 126 valence electrons. The molecule has 3 nitrogen and oxygen atoms in total. The molecule has 2 rings (SSSR count). The third kappa shape index (κ3) is 4.90. The first-order valence-corrected chi connectivity index (χ1v) is 8.77. The van der Waals surface area contributed by atoms with Gasteiger partial charge in [-0.05, 0) is 46.4 Å². The van der Waals surface area contributed by atoms with Crippen LogP contribution in [0.2, 0.25) is 0 Å². The van der Waals surface area contributed by atoms with E-state index < -0.39 is 12.1 Å². The molecule has 1 heterocycles. The molecule has 0 fully saturated rings. The van der Waals surface area contributed by atoms with Gasteiger partial charge in [-0.1, -0.05) is 45.0 Å². The van der Waals surface area contributed by atoms with Crippen LogP contribution in [-0.4, -0.2) is 17.9 Å². The molecule has 0 saturated carbocycles. The van der Waals surface area contributed by atoms with Crippen LogP contribution < -0.4 is 0 Å². The molecule has 1 aromatic carbocycles. The summed E-state index contributed by atoms with van der Waals surface area (Å²) in [6.07, 6.45) is 2.20. The fourth-order valence-corrected chi connectivity index (χ4v) is 2.80. The highest BCUT2D eigenvalue weighted by Gasteiger charge is 2.20. The Balaban J connectivity index is 1.97. The molecule has 0 saturated heterocycles. The summed E-state index contributed by atoms with van der Waals surface area (Å²) in [6, 6.07) is 9.36. The lowest BCUT2D eigenvalue weighted by Gasteiger charge is -2.19. The van der Waals surface area contributed by atoms with Crippen molar-refractivity contribution in [2.24, 2.45) is 0 Å². The maximum absolute atomic E-state index is 12.4. The van der Waals surface area contributed by atoms with E-state index in [4.69, 9.17) is 4.74 Å². The van der Waals surface area contributed by atoms with E-state index in [1.54, 1.807) is 36.5 Å². The van der Waals surface area contributed by atoms with E-state index in [2.05, 4.69) is 20.8 Å². The van der Waals surface area contributed by atoms with Gasteiger partial charge in [0.25, 0.3) is 0 Å². The van der Waals surface area contributed by atoms with Crippen LogP contribution in [0.3, 0.4) is 0 Å². The molecule has 0 aliphatic carbocycles. The van der Waals surface area contributed by atoms with Crippen molar-refractivity contribution in [2.75, 3.05) is 0 Å². The second-order valence-electron chi connectivity index (χ2n) is 6.66. The second-order valence-corrected chi connectivity index (χ2v) is 7.44. The summed E-state index contributed by atoms with van der Waals surface area (Å²) in [4.78, 5) is 24.2. The number of hydrogen-bond donors (Lipinski definition) is 0. The number of hydrogen-bond acceptors (Lipinski definition) is 4. The van der Waals surface area contributed by atoms with Crippen molar-refractivity contribution < 1.29 is 14.3 Å². The molecule has 1 atom stereocenters. The normalized spacial score (nSPS) is 13.0. The zero-order chi connectivity index (χ0) is 17.7. The molecule has 4 heteroatoms. The number of ketones is 1. The van der Waals surface area contributed by atoms with Crippen molar-refractivity contribution >= 4 is 29.2 Å². The summed E-state index contributed by atoms with van der Waals surface area (Å²) in [6.45, 7) is 7.95. The van der Waals surface area contributed by atoms with Crippen molar-refractivity contribution in [1.29, 1.82) is 0 Å². The van der Waals surface area contributed by atoms with Crippen LogP contribution in [0.1, 0.15) is 49.2 Å². The number of carbonyl (C=O) groups is 2. The Labute approximate surface area is 147 Å². The third-order valence-corrected chi connectivity index (χ3v) is 4.35. The summed E-state index contributed by atoms with van der Waals surface area (Å²) < 4.78 is 5.19. The zero-order valence-electron chi connectivity index (χ0n) is 14.4. The number of Topliss-reactive ketones (excluding diaryl/α,β-unsaturated/α-hetero) is 1. The summed E-state index contributed by atoms with van der Waals surface area (Å²) in [5.74, 6) is -0.721.